The minimum atomic E-state index is 0.134. The summed E-state index contributed by atoms with van der Waals surface area (Å²) < 4.78 is 0. The molecule has 15 heavy (non-hydrogen) atoms. The summed E-state index contributed by atoms with van der Waals surface area (Å²) in [6, 6.07) is 0.425. The fourth-order valence-corrected chi connectivity index (χ4v) is 2.46. The molecule has 2 atom stereocenters. The van der Waals surface area contributed by atoms with E-state index in [0.29, 0.717) is 11.9 Å². The van der Waals surface area contributed by atoms with Gasteiger partial charge in [-0.15, -0.1) is 0 Å². The monoisotopic (exact) mass is 211 g/mol. The second kappa shape index (κ2) is 4.94. The van der Waals surface area contributed by atoms with Crippen molar-refractivity contribution in [2.24, 2.45) is 5.92 Å². The van der Waals surface area contributed by atoms with Crippen LogP contribution < -0.4 is 10.6 Å². The van der Waals surface area contributed by atoms with E-state index in [1.807, 2.05) is 6.92 Å². The maximum atomic E-state index is 12.1. The number of rotatable bonds is 1. The van der Waals surface area contributed by atoms with E-state index in [9.17, 15) is 4.79 Å². The molecule has 2 unspecified atom stereocenters. The van der Waals surface area contributed by atoms with Crippen molar-refractivity contribution in [3.05, 3.63) is 0 Å². The van der Waals surface area contributed by atoms with E-state index < -0.39 is 0 Å². The van der Waals surface area contributed by atoms with Gasteiger partial charge in [0.2, 0.25) is 5.91 Å². The molecule has 2 aliphatic rings. The largest absolute Gasteiger partial charge is 0.337 e. The third kappa shape index (κ3) is 2.49. The van der Waals surface area contributed by atoms with Crippen LogP contribution in [-0.4, -0.2) is 49.6 Å². The highest BCUT2D eigenvalue weighted by Crippen LogP contribution is 2.14. The summed E-state index contributed by atoms with van der Waals surface area (Å²) >= 11 is 0. The lowest BCUT2D eigenvalue weighted by Gasteiger charge is -2.34. The van der Waals surface area contributed by atoms with Gasteiger partial charge in [0, 0.05) is 38.1 Å². The second-order valence-corrected chi connectivity index (χ2v) is 4.64. The van der Waals surface area contributed by atoms with Crippen molar-refractivity contribution in [1.82, 2.24) is 15.5 Å². The number of carbonyl (C=O) groups excluding carboxylic acids is 1. The lowest BCUT2D eigenvalue weighted by atomic mass is 10.0. The van der Waals surface area contributed by atoms with E-state index in [1.54, 1.807) is 0 Å². The molecular weight excluding hydrogens is 190 g/mol. The summed E-state index contributed by atoms with van der Waals surface area (Å²) in [4.78, 5) is 14.2. The Kier molecular flexibility index (Phi) is 3.59. The molecule has 0 bridgehead atoms. The summed E-state index contributed by atoms with van der Waals surface area (Å²) in [5, 5.41) is 6.69. The van der Waals surface area contributed by atoms with Crippen molar-refractivity contribution in [2.45, 2.75) is 25.8 Å². The first-order chi connectivity index (χ1) is 7.29. The molecule has 0 radical (unpaired) electrons. The van der Waals surface area contributed by atoms with E-state index >= 15 is 0 Å². The Balaban J connectivity index is 2.00. The van der Waals surface area contributed by atoms with Crippen LogP contribution in [0.1, 0.15) is 19.8 Å². The predicted octanol–water partition coefficient (Wildman–Crippen LogP) is -0.194. The molecule has 0 aliphatic carbocycles. The normalized spacial score (nSPS) is 33.9. The van der Waals surface area contributed by atoms with Crippen molar-refractivity contribution in [1.29, 1.82) is 0 Å². The smallest absolute Gasteiger partial charge is 0.227 e. The van der Waals surface area contributed by atoms with Crippen LogP contribution in [0.25, 0.3) is 0 Å². The Morgan fingerprint density at radius 2 is 2.07 bits per heavy atom. The highest BCUT2D eigenvalue weighted by atomic mass is 16.2. The van der Waals surface area contributed by atoms with Gasteiger partial charge in [-0.3, -0.25) is 4.79 Å². The maximum absolute atomic E-state index is 12.1. The summed E-state index contributed by atoms with van der Waals surface area (Å²) in [5.74, 6) is 0.461. The van der Waals surface area contributed by atoms with Crippen LogP contribution in [0.15, 0.2) is 0 Å². The van der Waals surface area contributed by atoms with E-state index in [0.717, 1.165) is 39.1 Å². The van der Waals surface area contributed by atoms with Gasteiger partial charge in [0.1, 0.15) is 0 Å². The molecule has 1 amide bonds. The van der Waals surface area contributed by atoms with Gasteiger partial charge in [0.05, 0.1) is 0 Å². The number of carbonyl (C=O) groups is 1. The molecule has 0 saturated carbocycles. The Hall–Kier alpha value is -0.610. The number of amides is 1. The quantitative estimate of drug-likeness (QED) is 0.632. The molecular formula is C11H21N3O. The van der Waals surface area contributed by atoms with E-state index in [1.165, 1.54) is 6.42 Å². The molecule has 0 aromatic heterocycles. The first-order valence-corrected chi connectivity index (χ1v) is 6.01. The van der Waals surface area contributed by atoms with Crippen LogP contribution >= 0.6 is 0 Å². The van der Waals surface area contributed by atoms with Crippen LogP contribution in [-0.2, 0) is 4.79 Å². The number of nitrogens with one attached hydrogen (secondary N) is 2. The SMILES string of the molecule is CC1CNCCN(C2CCCNC2)C1=O. The molecule has 0 spiro atoms. The topological polar surface area (TPSA) is 44.4 Å². The number of nitrogens with zero attached hydrogens (tertiary/aromatic N) is 1. The van der Waals surface area contributed by atoms with Gasteiger partial charge in [0.15, 0.2) is 0 Å². The van der Waals surface area contributed by atoms with Gasteiger partial charge in [-0.05, 0) is 19.4 Å². The molecule has 2 rings (SSSR count). The minimum Gasteiger partial charge on any atom is -0.337 e. The van der Waals surface area contributed by atoms with Crippen molar-refractivity contribution >= 4 is 5.91 Å². The van der Waals surface area contributed by atoms with E-state index in [-0.39, 0.29) is 5.92 Å². The summed E-state index contributed by atoms with van der Waals surface area (Å²) in [6.07, 6.45) is 2.35. The average molecular weight is 211 g/mol. The van der Waals surface area contributed by atoms with Crippen LogP contribution in [0.5, 0.6) is 0 Å². The minimum absolute atomic E-state index is 0.134. The molecule has 4 heteroatoms. The van der Waals surface area contributed by atoms with Gasteiger partial charge < -0.3 is 15.5 Å². The highest BCUT2D eigenvalue weighted by molar-refractivity contribution is 5.79. The third-order valence-corrected chi connectivity index (χ3v) is 3.40. The molecule has 2 fully saturated rings. The summed E-state index contributed by atoms with van der Waals surface area (Å²) in [6.45, 7) is 6.73. The standard InChI is InChI=1S/C11H21N3O/c1-9-7-13-5-6-14(11(9)15)10-3-2-4-12-8-10/h9-10,12-13H,2-8H2,1H3. The lowest BCUT2D eigenvalue weighted by molar-refractivity contribution is -0.136. The molecule has 2 heterocycles. The zero-order chi connectivity index (χ0) is 10.7. The van der Waals surface area contributed by atoms with Crippen LogP contribution in [0.4, 0.5) is 0 Å². The van der Waals surface area contributed by atoms with Gasteiger partial charge >= 0.3 is 0 Å². The van der Waals surface area contributed by atoms with Crippen molar-refractivity contribution in [3.8, 4) is 0 Å². The zero-order valence-electron chi connectivity index (χ0n) is 9.46. The Morgan fingerprint density at radius 3 is 2.80 bits per heavy atom. The molecule has 4 nitrogen and oxygen atoms in total. The fourth-order valence-electron chi connectivity index (χ4n) is 2.46. The fraction of sp³-hybridized carbons (Fsp3) is 0.909. The third-order valence-electron chi connectivity index (χ3n) is 3.40. The molecule has 2 saturated heterocycles. The van der Waals surface area contributed by atoms with Gasteiger partial charge in [-0.1, -0.05) is 6.92 Å². The first kappa shape index (κ1) is 10.9. The summed E-state index contributed by atoms with van der Waals surface area (Å²) in [7, 11) is 0. The number of hydrogen-bond donors (Lipinski definition) is 2. The van der Waals surface area contributed by atoms with Crippen molar-refractivity contribution in [3.63, 3.8) is 0 Å². The van der Waals surface area contributed by atoms with Crippen molar-refractivity contribution in [2.75, 3.05) is 32.7 Å². The van der Waals surface area contributed by atoms with Crippen molar-refractivity contribution < 1.29 is 4.79 Å². The zero-order valence-corrected chi connectivity index (χ0v) is 9.46. The highest BCUT2D eigenvalue weighted by Gasteiger charge is 2.29. The summed E-state index contributed by atoms with van der Waals surface area (Å²) in [5.41, 5.74) is 0. The Labute approximate surface area is 91.4 Å². The first-order valence-electron chi connectivity index (χ1n) is 6.01. The molecule has 0 aromatic rings. The number of piperidine rings is 1. The molecule has 2 aliphatic heterocycles. The molecule has 2 N–H and O–H groups in total. The number of hydrogen-bond acceptors (Lipinski definition) is 3. The van der Waals surface area contributed by atoms with Crippen LogP contribution in [0.2, 0.25) is 0 Å². The predicted molar refractivity (Wildman–Crippen MR) is 59.6 cm³/mol. The Bertz CT molecular complexity index is 226. The van der Waals surface area contributed by atoms with E-state index in [2.05, 4.69) is 15.5 Å². The van der Waals surface area contributed by atoms with Crippen LogP contribution in [0.3, 0.4) is 0 Å². The molecule has 86 valence electrons. The second-order valence-electron chi connectivity index (χ2n) is 4.64. The lowest BCUT2D eigenvalue weighted by Crippen LogP contribution is -2.50. The van der Waals surface area contributed by atoms with Gasteiger partial charge in [-0.2, -0.15) is 0 Å². The molecule has 0 aromatic carbocycles. The average Bonchev–Trinajstić information content (AvgIpc) is 2.44. The van der Waals surface area contributed by atoms with Gasteiger partial charge in [0.25, 0.3) is 0 Å². The maximum Gasteiger partial charge on any atom is 0.227 e. The Morgan fingerprint density at radius 1 is 1.27 bits per heavy atom. The van der Waals surface area contributed by atoms with E-state index in [4.69, 9.17) is 0 Å². The van der Waals surface area contributed by atoms with Gasteiger partial charge in [-0.25, -0.2) is 0 Å². The van der Waals surface area contributed by atoms with Crippen LogP contribution in [0, 0.1) is 5.92 Å².